The largest absolute Gasteiger partial charge is 0.349 e. The molecular formula is C12H9N5O. The topological polar surface area (TPSA) is 73.6 Å². The molecule has 0 bridgehead atoms. The van der Waals surface area contributed by atoms with Gasteiger partial charge in [-0.1, -0.05) is 6.07 Å². The number of hydrogen-bond acceptors (Lipinski definition) is 5. The Morgan fingerprint density at radius 3 is 2.89 bits per heavy atom. The number of fused-ring (bicyclic) bond motifs is 1. The molecule has 0 aliphatic rings. The predicted molar refractivity (Wildman–Crippen MR) is 64.9 cm³/mol. The number of nitrogens with zero attached hydrogens (tertiary/aromatic N) is 5. The zero-order chi connectivity index (χ0) is 12.4. The fourth-order valence-corrected chi connectivity index (χ4v) is 1.75. The molecule has 0 aliphatic heterocycles. The maximum atomic E-state index is 11.8. The molecule has 0 N–H and O–H groups in total. The van der Waals surface area contributed by atoms with Gasteiger partial charge in [0.25, 0.3) is 0 Å². The number of aromatic nitrogens is 5. The maximum absolute atomic E-state index is 11.8. The van der Waals surface area contributed by atoms with Crippen molar-refractivity contribution >= 4 is 11.0 Å². The van der Waals surface area contributed by atoms with Crippen LogP contribution in [0.15, 0.2) is 48.0 Å². The van der Waals surface area contributed by atoms with Crippen molar-refractivity contribution in [2.45, 2.75) is 6.54 Å². The van der Waals surface area contributed by atoms with E-state index in [0.717, 1.165) is 10.9 Å². The highest BCUT2D eigenvalue weighted by Crippen LogP contribution is 2.07. The summed E-state index contributed by atoms with van der Waals surface area (Å²) >= 11 is 0. The average molecular weight is 239 g/mol. The molecule has 0 radical (unpaired) electrons. The molecule has 0 saturated heterocycles. The molecule has 0 unspecified atom stereocenters. The Hall–Kier alpha value is -2.63. The first-order chi connectivity index (χ1) is 8.84. The van der Waals surface area contributed by atoms with Gasteiger partial charge in [-0.05, 0) is 11.6 Å². The average Bonchev–Trinajstić information content (AvgIpc) is 2.43. The Balaban J connectivity index is 2.16. The van der Waals surface area contributed by atoms with Gasteiger partial charge in [-0.3, -0.25) is 9.55 Å². The first kappa shape index (κ1) is 10.5. The van der Waals surface area contributed by atoms with E-state index in [1.165, 1.54) is 17.1 Å². The van der Waals surface area contributed by atoms with Gasteiger partial charge < -0.3 is 0 Å². The molecular weight excluding hydrogens is 230 g/mol. The SMILES string of the molecule is O=c1ncc2cncnc2n1Cc1cccnc1. The Morgan fingerprint density at radius 1 is 1.11 bits per heavy atom. The summed E-state index contributed by atoms with van der Waals surface area (Å²) < 4.78 is 1.51. The molecule has 3 heterocycles. The van der Waals surface area contributed by atoms with E-state index in [9.17, 15) is 4.79 Å². The van der Waals surface area contributed by atoms with Crippen molar-refractivity contribution in [2.75, 3.05) is 0 Å². The Bertz CT molecular complexity index is 738. The van der Waals surface area contributed by atoms with Gasteiger partial charge in [-0.15, -0.1) is 0 Å². The van der Waals surface area contributed by atoms with E-state index >= 15 is 0 Å². The third-order valence-electron chi connectivity index (χ3n) is 2.58. The van der Waals surface area contributed by atoms with Gasteiger partial charge in [0.15, 0.2) is 0 Å². The summed E-state index contributed by atoms with van der Waals surface area (Å²) in [6.45, 7) is 0.397. The molecule has 18 heavy (non-hydrogen) atoms. The molecule has 3 aromatic heterocycles. The Kier molecular flexibility index (Phi) is 2.53. The minimum atomic E-state index is -0.329. The van der Waals surface area contributed by atoms with Gasteiger partial charge in [-0.2, -0.15) is 0 Å². The van der Waals surface area contributed by atoms with E-state index in [1.807, 2.05) is 12.1 Å². The lowest BCUT2D eigenvalue weighted by Crippen LogP contribution is -2.24. The second kappa shape index (κ2) is 4.33. The van der Waals surface area contributed by atoms with Crippen LogP contribution in [0.25, 0.3) is 11.0 Å². The summed E-state index contributed by atoms with van der Waals surface area (Å²) in [5, 5.41) is 0.737. The van der Waals surface area contributed by atoms with Crippen LogP contribution in [0.5, 0.6) is 0 Å². The van der Waals surface area contributed by atoms with Gasteiger partial charge in [-0.25, -0.2) is 19.7 Å². The van der Waals surface area contributed by atoms with E-state index in [2.05, 4.69) is 19.9 Å². The highest BCUT2D eigenvalue weighted by molar-refractivity contribution is 5.72. The molecule has 6 nitrogen and oxygen atoms in total. The van der Waals surface area contributed by atoms with Gasteiger partial charge in [0.2, 0.25) is 0 Å². The van der Waals surface area contributed by atoms with Crippen LogP contribution in [0.2, 0.25) is 0 Å². The molecule has 0 amide bonds. The molecule has 88 valence electrons. The van der Waals surface area contributed by atoms with Crippen LogP contribution in [-0.4, -0.2) is 24.5 Å². The minimum Gasteiger partial charge on any atom is -0.271 e. The van der Waals surface area contributed by atoms with Crippen LogP contribution in [-0.2, 0) is 6.54 Å². The van der Waals surface area contributed by atoms with Crippen LogP contribution in [0.1, 0.15) is 5.56 Å². The maximum Gasteiger partial charge on any atom is 0.349 e. The van der Waals surface area contributed by atoms with Crippen molar-refractivity contribution in [2.24, 2.45) is 0 Å². The molecule has 0 aliphatic carbocycles. The second-order valence-electron chi connectivity index (χ2n) is 3.79. The van der Waals surface area contributed by atoms with Gasteiger partial charge in [0, 0.05) is 24.8 Å². The molecule has 6 heteroatoms. The minimum absolute atomic E-state index is 0.329. The van der Waals surface area contributed by atoms with Crippen LogP contribution in [0.3, 0.4) is 0 Å². The molecule has 0 atom stereocenters. The van der Waals surface area contributed by atoms with E-state index in [0.29, 0.717) is 12.2 Å². The monoisotopic (exact) mass is 239 g/mol. The van der Waals surface area contributed by atoms with E-state index in [-0.39, 0.29) is 5.69 Å². The van der Waals surface area contributed by atoms with Gasteiger partial charge in [0.05, 0.1) is 11.9 Å². The van der Waals surface area contributed by atoms with Crippen LogP contribution in [0, 0.1) is 0 Å². The fourth-order valence-electron chi connectivity index (χ4n) is 1.75. The van der Waals surface area contributed by atoms with Crippen LogP contribution >= 0.6 is 0 Å². The molecule has 0 saturated carbocycles. The summed E-state index contributed by atoms with van der Waals surface area (Å²) in [6.07, 6.45) is 7.94. The number of pyridine rings is 1. The third kappa shape index (κ3) is 1.84. The quantitative estimate of drug-likeness (QED) is 0.655. The lowest BCUT2D eigenvalue weighted by atomic mass is 10.3. The molecule has 0 spiro atoms. The van der Waals surface area contributed by atoms with Crippen molar-refractivity contribution in [1.29, 1.82) is 0 Å². The van der Waals surface area contributed by atoms with E-state index in [1.54, 1.807) is 18.6 Å². The predicted octanol–water partition coefficient (Wildman–Crippen LogP) is 0.630. The zero-order valence-corrected chi connectivity index (χ0v) is 9.39. The van der Waals surface area contributed by atoms with Crippen molar-refractivity contribution < 1.29 is 0 Å². The lowest BCUT2D eigenvalue weighted by Gasteiger charge is -2.07. The molecule has 3 aromatic rings. The summed E-state index contributed by atoms with van der Waals surface area (Å²) in [4.78, 5) is 27.7. The van der Waals surface area contributed by atoms with Crippen molar-refractivity contribution in [1.82, 2.24) is 24.5 Å². The standard InChI is InChI=1S/C12H9N5O/c18-12-15-6-10-5-14-8-16-11(10)17(12)7-9-2-1-3-13-4-9/h1-6,8H,7H2. The number of rotatable bonds is 2. The molecule has 0 fully saturated rings. The van der Waals surface area contributed by atoms with Crippen LogP contribution in [0.4, 0.5) is 0 Å². The van der Waals surface area contributed by atoms with Crippen molar-refractivity contribution in [3.63, 3.8) is 0 Å². The summed E-state index contributed by atoms with van der Waals surface area (Å²) in [6, 6.07) is 3.73. The highest BCUT2D eigenvalue weighted by atomic mass is 16.1. The second-order valence-corrected chi connectivity index (χ2v) is 3.79. The van der Waals surface area contributed by atoms with Crippen molar-refractivity contribution in [3.8, 4) is 0 Å². The highest BCUT2D eigenvalue weighted by Gasteiger charge is 2.05. The molecule has 0 aromatic carbocycles. The smallest absolute Gasteiger partial charge is 0.271 e. The Labute approximate surface area is 102 Å². The fraction of sp³-hybridized carbons (Fsp3) is 0.0833. The van der Waals surface area contributed by atoms with Gasteiger partial charge in [0.1, 0.15) is 12.0 Å². The summed E-state index contributed by atoms with van der Waals surface area (Å²) in [5.74, 6) is 0. The third-order valence-corrected chi connectivity index (χ3v) is 2.58. The molecule has 3 rings (SSSR count). The first-order valence-corrected chi connectivity index (χ1v) is 5.39. The van der Waals surface area contributed by atoms with Gasteiger partial charge >= 0.3 is 5.69 Å². The van der Waals surface area contributed by atoms with Crippen molar-refractivity contribution in [3.05, 3.63) is 59.3 Å². The van der Waals surface area contributed by atoms with E-state index in [4.69, 9.17) is 0 Å². The summed E-state index contributed by atoms with van der Waals surface area (Å²) in [5.41, 5.74) is 1.17. The van der Waals surface area contributed by atoms with Crippen LogP contribution < -0.4 is 5.69 Å². The normalized spacial score (nSPS) is 10.7. The summed E-state index contributed by atoms with van der Waals surface area (Å²) in [7, 11) is 0. The lowest BCUT2D eigenvalue weighted by molar-refractivity contribution is 0.747. The Morgan fingerprint density at radius 2 is 2.06 bits per heavy atom. The zero-order valence-electron chi connectivity index (χ0n) is 9.39. The van der Waals surface area contributed by atoms with E-state index < -0.39 is 0 Å². The number of hydrogen-bond donors (Lipinski definition) is 0. The first-order valence-electron chi connectivity index (χ1n) is 5.39.